The molecule has 0 fully saturated rings. The number of hydrogen-bond donors (Lipinski definition) is 3. The van der Waals surface area contributed by atoms with Crippen LogP contribution in [0.2, 0.25) is 5.02 Å². The molecule has 1 aromatic heterocycles. The van der Waals surface area contributed by atoms with E-state index in [4.69, 9.17) is 11.6 Å². The van der Waals surface area contributed by atoms with E-state index >= 15 is 0 Å². The molecule has 3 N–H and O–H groups in total. The minimum atomic E-state index is -4.77. The third kappa shape index (κ3) is 7.52. The standard InChI is InChI=1S/C24H24ClN5O7S2/c1-29-11-10-16(13-22(29)24(31)30(14-38(32,33)34)15-39(35,36)37)12-21-19-4-2-3-5-20(19)23(28-27-21)26-18-8-6-17(25)7-9-18/h2-10,13H,11-12,14-15H2,1H3,(H,26,28)(H,32,33,34)(H,35,36,37). The van der Waals surface area contributed by atoms with Crippen LogP contribution in [0.15, 0.2) is 72.0 Å². The van der Waals surface area contributed by atoms with Gasteiger partial charge in [-0.15, -0.1) is 5.10 Å². The van der Waals surface area contributed by atoms with E-state index < -0.39 is 37.9 Å². The molecule has 39 heavy (non-hydrogen) atoms. The number of anilines is 2. The monoisotopic (exact) mass is 593 g/mol. The average Bonchev–Trinajstić information content (AvgIpc) is 2.85. The van der Waals surface area contributed by atoms with Crippen molar-refractivity contribution in [3.63, 3.8) is 0 Å². The van der Waals surface area contributed by atoms with Gasteiger partial charge < -0.3 is 15.1 Å². The Morgan fingerprint density at radius 2 is 1.62 bits per heavy atom. The van der Waals surface area contributed by atoms with Crippen LogP contribution in [0.3, 0.4) is 0 Å². The number of rotatable bonds is 9. The predicted molar refractivity (Wildman–Crippen MR) is 146 cm³/mol. The number of fused-ring (bicyclic) bond motifs is 1. The molecule has 206 valence electrons. The number of hydrogen-bond acceptors (Lipinski definition) is 9. The first-order valence-electron chi connectivity index (χ1n) is 11.4. The van der Waals surface area contributed by atoms with E-state index in [-0.39, 0.29) is 18.7 Å². The van der Waals surface area contributed by atoms with Crippen molar-refractivity contribution >= 4 is 60.0 Å². The molecule has 2 heterocycles. The second-order valence-corrected chi connectivity index (χ2v) is 12.1. The third-order valence-electron chi connectivity index (χ3n) is 5.75. The van der Waals surface area contributed by atoms with Crippen molar-refractivity contribution in [1.29, 1.82) is 0 Å². The summed E-state index contributed by atoms with van der Waals surface area (Å²) in [6.45, 7) is 0.250. The minimum Gasteiger partial charge on any atom is -0.366 e. The Hall–Kier alpha value is -3.56. The van der Waals surface area contributed by atoms with Gasteiger partial charge in [-0.1, -0.05) is 41.9 Å². The molecule has 0 bridgehead atoms. The minimum absolute atomic E-state index is 0.0295. The predicted octanol–water partition coefficient (Wildman–Crippen LogP) is 2.84. The van der Waals surface area contributed by atoms with Gasteiger partial charge in [0.05, 0.1) is 5.69 Å². The summed E-state index contributed by atoms with van der Waals surface area (Å²) in [5, 5.41) is 14.2. The molecule has 3 aromatic rings. The van der Waals surface area contributed by atoms with Crippen LogP contribution >= 0.6 is 11.6 Å². The lowest BCUT2D eigenvalue weighted by atomic mass is 10.0. The fourth-order valence-electron chi connectivity index (χ4n) is 4.00. The van der Waals surface area contributed by atoms with Crippen LogP contribution in [0.1, 0.15) is 5.69 Å². The summed E-state index contributed by atoms with van der Waals surface area (Å²) in [5.74, 6) is -3.09. The number of carbonyl (C=O) groups is 1. The lowest BCUT2D eigenvalue weighted by Gasteiger charge is -2.29. The quantitative estimate of drug-likeness (QED) is 0.312. The summed E-state index contributed by atoms with van der Waals surface area (Å²) < 4.78 is 64.0. The molecule has 12 nitrogen and oxygen atoms in total. The largest absolute Gasteiger partial charge is 0.366 e. The summed E-state index contributed by atoms with van der Waals surface area (Å²) in [6, 6.07) is 14.6. The van der Waals surface area contributed by atoms with Gasteiger partial charge in [-0.3, -0.25) is 13.9 Å². The van der Waals surface area contributed by atoms with Crippen LogP contribution in [0.5, 0.6) is 0 Å². The van der Waals surface area contributed by atoms with Crippen molar-refractivity contribution in [3.05, 3.63) is 82.7 Å². The molecule has 0 atom stereocenters. The fourth-order valence-corrected chi connectivity index (χ4v) is 5.45. The first-order chi connectivity index (χ1) is 18.3. The molecule has 0 unspecified atom stereocenters. The van der Waals surface area contributed by atoms with E-state index in [1.54, 1.807) is 19.2 Å². The molecule has 0 saturated heterocycles. The van der Waals surface area contributed by atoms with Gasteiger partial charge >= 0.3 is 0 Å². The molecule has 1 amide bonds. The number of benzene rings is 2. The van der Waals surface area contributed by atoms with E-state index in [0.29, 0.717) is 27.0 Å². The highest BCUT2D eigenvalue weighted by atomic mass is 35.5. The van der Waals surface area contributed by atoms with Gasteiger partial charge in [0.15, 0.2) is 5.82 Å². The summed E-state index contributed by atoms with van der Waals surface area (Å²) in [7, 11) is -7.99. The normalized spacial score (nSPS) is 14.1. The highest BCUT2D eigenvalue weighted by Gasteiger charge is 2.29. The van der Waals surface area contributed by atoms with Crippen LogP contribution in [0.25, 0.3) is 10.8 Å². The van der Waals surface area contributed by atoms with E-state index in [1.807, 2.05) is 42.5 Å². The van der Waals surface area contributed by atoms with Crippen molar-refractivity contribution in [1.82, 2.24) is 20.0 Å². The fraction of sp³-hybridized carbons (Fsp3) is 0.208. The second-order valence-electron chi connectivity index (χ2n) is 8.81. The highest BCUT2D eigenvalue weighted by molar-refractivity contribution is 7.86. The van der Waals surface area contributed by atoms with Crippen LogP contribution in [0.4, 0.5) is 11.5 Å². The number of nitrogens with one attached hydrogen (secondary N) is 1. The van der Waals surface area contributed by atoms with Crippen molar-refractivity contribution in [2.75, 3.05) is 30.7 Å². The summed E-state index contributed by atoms with van der Waals surface area (Å²) >= 11 is 5.97. The number of carbonyl (C=O) groups excluding carboxylic acids is 1. The van der Waals surface area contributed by atoms with E-state index in [2.05, 4.69) is 15.5 Å². The lowest BCUT2D eigenvalue weighted by molar-refractivity contribution is -0.127. The van der Waals surface area contributed by atoms with Gasteiger partial charge in [0.1, 0.15) is 17.5 Å². The Bertz CT molecular complexity index is 1660. The molecule has 1 aliphatic heterocycles. The Morgan fingerprint density at radius 3 is 2.23 bits per heavy atom. The van der Waals surface area contributed by atoms with Crippen molar-refractivity contribution < 1.29 is 30.7 Å². The molecule has 15 heteroatoms. The molecule has 0 radical (unpaired) electrons. The molecular weight excluding hydrogens is 570 g/mol. The zero-order chi connectivity index (χ0) is 28.4. The zero-order valence-corrected chi connectivity index (χ0v) is 22.9. The van der Waals surface area contributed by atoms with Gasteiger partial charge in [0, 0.05) is 41.5 Å². The first kappa shape index (κ1) is 28.4. The maximum Gasteiger partial charge on any atom is 0.283 e. The van der Waals surface area contributed by atoms with Crippen LogP contribution in [-0.4, -0.2) is 77.2 Å². The van der Waals surface area contributed by atoms with Crippen LogP contribution < -0.4 is 5.32 Å². The maximum atomic E-state index is 13.1. The number of allylic oxidation sites excluding steroid dienone is 2. The number of nitrogens with zero attached hydrogens (tertiary/aromatic N) is 4. The molecule has 0 spiro atoms. The zero-order valence-electron chi connectivity index (χ0n) is 20.5. The molecule has 4 rings (SSSR count). The van der Waals surface area contributed by atoms with Crippen molar-refractivity contribution in [3.8, 4) is 0 Å². The number of halogens is 1. The van der Waals surface area contributed by atoms with Gasteiger partial charge in [0.2, 0.25) is 0 Å². The highest BCUT2D eigenvalue weighted by Crippen LogP contribution is 2.28. The topological polar surface area (TPSA) is 170 Å². The lowest BCUT2D eigenvalue weighted by Crippen LogP contribution is -2.43. The van der Waals surface area contributed by atoms with Gasteiger partial charge in [-0.2, -0.15) is 21.9 Å². The average molecular weight is 594 g/mol. The van der Waals surface area contributed by atoms with Crippen LogP contribution in [0, 0.1) is 0 Å². The Labute approximate surface area is 230 Å². The number of amides is 1. The molecule has 1 aliphatic rings. The molecular formula is C24H24ClN5O7S2. The third-order valence-corrected chi connectivity index (χ3v) is 7.28. The van der Waals surface area contributed by atoms with Gasteiger partial charge in [0.25, 0.3) is 26.1 Å². The molecule has 0 saturated carbocycles. The van der Waals surface area contributed by atoms with Gasteiger partial charge in [-0.25, -0.2) is 0 Å². The van der Waals surface area contributed by atoms with E-state index in [9.17, 15) is 30.7 Å². The van der Waals surface area contributed by atoms with E-state index in [1.165, 1.54) is 11.0 Å². The molecule has 0 aliphatic carbocycles. The van der Waals surface area contributed by atoms with E-state index in [0.717, 1.165) is 16.5 Å². The Balaban J connectivity index is 1.63. The number of likely N-dealkylation sites (N-methyl/N-ethyl adjacent to an activating group) is 1. The SMILES string of the molecule is CN1CC=C(Cc2nnc(Nc3ccc(Cl)cc3)c3ccccc23)C=C1C(=O)N(CS(=O)(=O)O)CS(=O)(=O)O. The van der Waals surface area contributed by atoms with Gasteiger partial charge in [-0.05, 0) is 35.9 Å². The Kier molecular flexibility index (Phi) is 8.23. The summed E-state index contributed by atoms with van der Waals surface area (Å²) in [4.78, 5) is 14.9. The Morgan fingerprint density at radius 1 is 1.00 bits per heavy atom. The summed E-state index contributed by atoms with van der Waals surface area (Å²) in [5.41, 5.74) is 2.00. The van der Waals surface area contributed by atoms with Crippen molar-refractivity contribution in [2.24, 2.45) is 0 Å². The number of aromatic nitrogens is 2. The molecule has 2 aromatic carbocycles. The first-order valence-corrected chi connectivity index (χ1v) is 15.0. The summed E-state index contributed by atoms with van der Waals surface area (Å²) in [6.07, 6.45) is 3.57. The maximum absolute atomic E-state index is 13.1. The smallest absolute Gasteiger partial charge is 0.283 e. The second kappa shape index (κ2) is 11.3. The van der Waals surface area contributed by atoms with Crippen molar-refractivity contribution in [2.45, 2.75) is 6.42 Å². The van der Waals surface area contributed by atoms with Crippen LogP contribution in [-0.2, 0) is 31.5 Å².